The van der Waals surface area contributed by atoms with E-state index in [9.17, 15) is 0 Å². The molecule has 20 heavy (non-hydrogen) atoms. The number of thioether (sulfide) groups is 1. The summed E-state index contributed by atoms with van der Waals surface area (Å²) in [5.41, 5.74) is 1.15. The van der Waals surface area contributed by atoms with Crippen molar-refractivity contribution >= 4 is 33.3 Å². The predicted octanol–water partition coefficient (Wildman–Crippen LogP) is 4.70. The van der Waals surface area contributed by atoms with Crippen LogP contribution in [-0.2, 0) is 0 Å². The average Bonchev–Trinajstić information content (AvgIpc) is 2.74. The van der Waals surface area contributed by atoms with Crippen molar-refractivity contribution in [1.82, 2.24) is 10.3 Å². The molecule has 1 aliphatic rings. The number of rotatable bonds is 4. The van der Waals surface area contributed by atoms with Gasteiger partial charge in [0.1, 0.15) is 0 Å². The van der Waals surface area contributed by atoms with E-state index < -0.39 is 0 Å². The second-order valence-electron chi connectivity index (χ2n) is 5.41. The molecule has 1 aliphatic carbocycles. The van der Waals surface area contributed by atoms with E-state index in [2.05, 4.69) is 36.5 Å². The Morgan fingerprint density at radius 3 is 2.95 bits per heavy atom. The number of hydrogen-bond acceptors (Lipinski definition) is 4. The van der Waals surface area contributed by atoms with Crippen molar-refractivity contribution in [3.8, 4) is 0 Å². The van der Waals surface area contributed by atoms with Crippen LogP contribution >= 0.6 is 23.1 Å². The molecule has 2 unspecified atom stereocenters. The molecule has 0 saturated heterocycles. The standard InChI is InChI=1S/C16H22N2S2/c1-2-17-12-8-4-3-5-10-14(12)19-16-18-13-9-6-7-11-15(13)20-16/h6-7,9,11-12,14,17H,2-5,8,10H2,1H3. The number of thiazole rings is 1. The third kappa shape index (κ3) is 3.35. The number of fused-ring (bicyclic) bond motifs is 1. The smallest absolute Gasteiger partial charge is 0.151 e. The fourth-order valence-electron chi connectivity index (χ4n) is 2.94. The molecule has 4 heteroatoms. The van der Waals surface area contributed by atoms with E-state index in [4.69, 9.17) is 4.98 Å². The first-order chi connectivity index (χ1) is 9.86. The lowest BCUT2D eigenvalue weighted by atomic mass is 10.1. The Labute approximate surface area is 129 Å². The minimum Gasteiger partial charge on any atom is -0.313 e. The van der Waals surface area contributed by atoms with Gasteiger partial charge in [-0.15, -0.1) is 11.3 Å². The maximum absolute atomic E-state index is 4.79. The molecule has 1 saturated carbocycles. The molecule has 2 nitrogen and oxygen atoms in total. The summed E-state index contributed by atoms with van der Waals surface area (Å²) in [5, 5.41) is 4.36. The van der Waals surface area contributed by atoms with Gasteiger partial charge in [0, 0.05) is 11.3 Å². The molecule has 0 amide bonds. The summed E-state index contributed by atoms with van der Waals surface area (Å²) in [6.07, 6.45) is 6.76. The van der Waals surface area contributed by atoms with Crippen molar-refractivity contribution in [3.63, 3.8) is 0 Å². The van der Waals surface area contributed by atoms with Gasteiger partial charge in [-0.05, 0) is 31.5 Å². The van der Waals surface area contributed by atoms with Crippen LogP contribution in [0.3, 0.4) is 0 Å². The van der Waals surface area contributed by atoms with Crippen LogP contribution in [0, 0.1) is 0 Å². The van der Waals surface area contributed by atoms with E-state index in [0.29, 0.717) is 11.3 Å². The summed E-state index contributed by atoms with van der Waals surface area (Å²) < 4.78 is 2.55. The molecular formula is C16H22N2S2. The summed E-state index contributed by atoms with van der Waals surface area (Å²) in [4.78, 5) is 4.79. The van der Waals surface area contributed by atoms with Gasteiger partial charge in [-0.25, -0.2) is 4.98 Å². The van der Waals surface area contributed by atoms with Crippen molar-refractivity contribution in [2.24, 2.45) is 0 Å². The van der Waals surface area contributed by atoms with Gasteiger partial charge in [-0.2, -0.15) is 0 Å². The molecule has 0 bridgehead atoms. The molecule has 1 aromatic carbocycles. The highest BCUT2D eigenvalue weighted by molar-refractivity contribution is 8.01. The summed E-state index contributed by atoms with van der Waals surface area (Å²) in [5.74, 6) is 0. The second-order valence-corrected chi connectivity index (χ2v) is 7.92. The molecule has 2 aromatic rings. The van der Waals surface area contributed by atoms with Crippen LogP contribution in [-0.4, -0.2) is 22.8 Å². The molecule has 1 aromatic heterocycles. The summed E-state index contributed by atoms with van der Waals surface area (Å²) in [6, 6.07) is 9.11. The van der Waals surface area contributed by atoms with Gasteiger partial charge < -0.3 is 5.32 Å². The fraction of sp³-hybridized carbons (Fsp3) is 0.562. The lowest BCUT2D eigenvalue weighted by Crippen LogP contribution is -2.37. The number of nitrogens with zero attached hydrogens (tertiary/aromatic N) is 1. The van der Waals surface area contributed by atoms with Gasteiger partial charge in [0.05, 0.1) is 10.2 Å². The van der Waals surface area contributed by atoms with Gasteiger partial charge in [-0.1, -0.05) is 50.1 Å². The Kier molecular flexibility index (Phi) is 4.97. The van der Waals surface area contributed by atoms with E-state index in [-0.39, 0.29) is 0 Å². The van der Waals surface area contributed by atoms with Crippen LogP contribution in [0.15, 0.2) is 28.6 Å². The van der Waals surface area contributed by atoms with Crippen LogP contribution in [0.1, 0.15) is 39.0 Å². The number of para-hydroxylation sites is 1. The van der Waals surface area contributed by atoms with Crippen LogP contribution in [0.25, 0.3) is 10.2 Å². The van der Waals surface area contributed by atoms with E-state index in [0.717, 1.165) is 12.1 Å². The Morgan fingerprint density at radius 2 is 2.10 bits per heavy atom. The van der Waals surface area contributed by atoms with Crippen LogP contribution in [0.4, 0.5) is 0 Å². The normalized spacial score (nSPS) is 23.9. The van der Waals surface area contributed by atoms with Gasteiger partial charge in [-0.3, -0.25) is 0 Å². The van der Waals surface area contributed by atoms with Crippen molar-refractivity contribution in [3.05, 3.63) is 24.3 Å². The molecule has 1 fully saturated rings. The predicted molar refractivity (Wildman–Crippen MR) is 89.8 cm³/mol. The van der Waals surface area contributed by atoms with Crippen molar-refractivity contribution in [2.75, 3.05) is 6.54 Å². The van der Waals surface area contributed by atoms with Gasteiger partial charge in [0.25, 0.3) is 0 Å². The average molecular weight is 307 g/mol. The van der Waals surface area contributed by atoms with E-state index in [1.54, 1.807) is 0 Å². The molecular weight excluding hydrogens is 284 g/mol. The quantitative estimate of drug-likeness (QED) is 0.829. The van der Waals surface area contributed by atoms with Crippen LogP contribution < -0.4 is 5.32 Å². The Hall–Kier alpha value is -0.580. The number of aromatic nitrogens is 1. The summed E-state index contributed by atoms with van der Waals surface area (Å²) >= 11 is 3.84. The third-order valence-corrected chi connectivity index (χ3v) is 6.47. The highest BCUT2D eigenvalue weighted by Gasteiger charge is 2.25. The molecule has 0 spiro atoms. The number of nitrogens with one attached hydrogen (secondary N) is 1. The Balaban J connectivity index is 1.76. The van der Waals surface area contributed by atoms with E-state index in [1.807, 2.05) is 23.1 Å². The molecule has 0 radical (unpaired) electrons. The molecule has 0 aliphatic heterocycles. The maximum atomic E-state index is 4.79. The zero-order valence-corrected chi connectivity index (χ0v) is 13.6. The minimum atomic E-state index is 0.652. The number of hydrogen-bond donors (Lipinski definition) is 1. The third-order valence-electron chi connectivity index (χ3n) is 3.95. The second kappa shape index (κ2) is 6.92. The SMILES string of the molecule is CCNC1CCCCCC1Sc1nc2ccccc2s1. The first kappa shape index (κ1) is 14.4. The van der Waals surface area contributed by atoms with E-state index >= 15 is 0 Å². The van der Waals surface area contributed by atoms with E-state index in [1.165, 1.54) is 41.1 Å². The van der Waals surface area contributed by atoms with Crippen molar-refractivity contribution in [1.29, 1.82) is 0 Å². The zero-order chi connectivity index (χ0) is 13.8. The zero-order valence-electron chi connectivity index (χ0n) is 12.0. The first-order valence-corrected chi connectivity index (χ1v) is 9.32. The van der Waals surface area contributed by atoms with Crippen molar-refractivity contribution in [2.45, 2.75) is 54.7 Å². The molecule has 3 rings (SSSR count). The number of benzene rings is 1. The first-order valence-electron chi connectivity index (χ1n) is 7.62. The highest BCUT2D eigenvalue weighted by Crippen LogP contribution is 2.37. The highest BCUT2D eigenvalue weighted by atomic mass is 32.2. The van der Waals surface area contributed by atoms with Crippen molar-refractivity contribution < 1.29 is 0 Å². The lowest BCUT2D eigenvalue weighted by molar-refractivity contribution is 0.482. The van der Waals surface area contributed by atoms with Crippen LogP contribution in [0.2, 0.25) is 0 Å². The van der Waals surface area contributed by atoms with Gasteiger partial charge in [0.15, 0.2) is 4.34 Å². The largest absolute Gasteiger partial charge is 0.313 e. The fourth-order valence-corrected chi connectivity index (χ4v) is 5.56. The monoisotopic (exact) mass is 306 g/mol. The lowest BCUT2D eigenvalue weighted by Gasteiger charge is -2.24. The minimum absolute atomic E-state index is 0.652. The van der Waals surface area contributed by atoms with Crippen LogP contribution in [0.5, 0.6) is 0 Å². The maximum Gasteiger partial charge on any atom is 0.151 e. The Bertz CT molecular complexity index is 519. The molecule has 108 valence electrons. The van der Waals surface area contributed by atoms with Gasteiger partial charge in [0.2, 0.25) is 0 Å². The molecule has 1 N–H and O–H groups in total. The summed E-state index contributed by atoms with van der Waals surface area (Å²) in [7, 11) is 0. The molecule has 1 heterocycles. The van der Waals surface area contributed by atoms with Gasteiger partial charge >= 0.3 is 0 Å². The Morgan fingerprint density at radius 1 is 1.25 bits per heavy atom. The topological polar surface area (TPSA) is 24.9 Å². The summed E-state index contributed by atoms with van der Waals surface area (Å²) in [6.45, 7) is 3.28. The molecule has 2 atom stereocenters.